The topological polar surface area (TPSA) is 74.4 Å². The fourth-order valence-electron chi connectivity index (χ4n) is 1.90. The molecular formula is C14H10Cl3FN2O3. The van der Waals surface area contributed by atoms with Gasteiger partial charge in [-0.3, -0.25) is 0 Å². The zero-order chi connectivity index (χ0) is 17.3. The van der Waals surface area contributed by atoms with Crippen molar-refractivity contribution in [2.45, 2.75) is 0 Å². The van der Waals surface area contributed by atoms with Gasteiger partial charge in [-0.2, -0.15) is 0 Å². The van der Waals surface area contributed by atoms with Crippen LogP contribution in [-0.4, -0.2) is 25.2 Å². The minimum atomic E-state index is -0.819. The number of rotatable bonds is 3. The highest BCUT2D eigenvalue weighted by atomic mass is 35.5. The number of hydrogen-bond acceptors (Lipinski definition) is 5. The second kappa shape index (κ2) is 6.78. The number of carbonyl (C=O) groups is 1. The number of nitrogens with zero attached hydrogens (tertiary/aromatic N) is 1. The van der Waals surface area contributed by atoms with E-state index in [1.54, 1.807) is 0 Å². The van der Waals surface area contributed by atoms with Crippen molar-refractivity contribution in [2.75, 3.05) is 20.0 Å². The lowest BCUT2D eigenvalue weighted by atomic mass is 10.1. The Morgan fingerprint density at radius 3 is 2.43 bits per heavy atom. The molecule has 0 saturated heterocycles. The average Bonchev–Trinajstić information content (AvgIpc) is 2.49. The van der Waals surface area contributed by atoms with Crippen molar-refractivity contribution in [3.8, 4) is 17.0 Å². The largest absolute Gasteiger partial charge is 0.494 e. The van der Waals surface area contributed by atoms with E-state index >= 15 is 0 Å². The quantitative estimate of drug-likeness (QED) is 0.808. The number of esters is 1. The Balaban J connectivity index is 2.78. The molecule has 2 aromatic rings. The monoisotopic (exact) mass is 378 g/mol. The highest BCUT2D eigenvalue weighted by Gasteiger charge is 2.23. The summed E-state index contributed by atoms with van der Waals surface area (Å²) in [7, 11) is 2.49. The van der Waals surface area contributed by atoms with Gasteiger partial charge in [-0.05, 0) is 12.1 Å². The van der Waals surface area contributed by atoms with Crippen molar-refractivity contribution in [3.05, 3.63) is 38.7 Å². The number of carbonyl (C=O) groups excluding carboxylic acids is 1. The summed E-state index contributed by atoms with van der Waals surface area (Å²) in [6.45, 7) is 0. The van der Waals surface area contributed by atoms with Crippen molar-refractivity contribution in [1.29, 1.82) is 0 Å². The summed E-state index contributed by atoms with van der Waals surface area (Å²) < 4.78 is 23.9. The Hall–Kier alpha value is -1.76. The third kappa shape index (κ3) is 3.15. The zero-order valence-corrected chi connectivity index (χ0v) is 14.2. The first-order chi connectivity index (χ1) is 10.8. The Kier molecular flexibility index (Phi) is 5.19. The van der Waals surface area contributed by atoms with E-state index in [-0.39, 0.29) is 43.5 Å². The van der Waals surface area contributed by atoms with Crippen LogP contribution in [0.15, 0.2) is 12.1 Å². The molecule has 0 atom stereocenters. The molecule has 0 radical (unpaired) electrons. The number of methoxy groups -OCH3 is 2. The smallest absolute Gasteiger partial charge is 0.358 e. The maximum Gasteiger partial charge on any atom is 0.358 e. The Morgan fingerprint density at radius 2 is 1.87 bits per heavy atom. The minimum Gasteiger partial charge on any atom is -0.494 e. The van der Waals surface area contributed by atoms with E-state index in [4.69, 9.17) is 45.3 Å². The lowest BCUT2D eigenvalue weighted by molar-refractivity contribution is 0.0594. The molecule has 0 aliphatic rings. The van der Waals surface area contributed by atoms with E-state index in [1.165, 1.54) is 13.2 Å². The van der Waals surface area contributed by atoms with Gasteiger partial charge >= 0.3 is 5.97 Å². The first-order valence-corrected chi connectivity index (χ1v) is 7.21. The van der Waals surface area contributed by atoms with Crippen LogP contribution in [0.1, 0.15) is 10.5 Å². The van der Waals surface area contributed by atoms with Crippen LogP contribution in [0, 0.1) is 5.82 Å². The van der Waals surface area contributed by atoms with Gasteiger partial charge in [0.2, 0.25) is 0 Å². The van der Waals surface area contributed by atoms with Crippen LogP contribution in [0.3, 0.4) is 0 Å². The van der Waals surface area contributed by atoms with E-state index in [1.807, 2.05) is 0 Å². The van der Waals surface area contributed by atoms with E-state index in [2.05, 4.69) is 9.72 Å². The number of aromatic nitrogens is 1. The number of nitrogen functional groups attached to an aromatic ring is 1. The number of pyridine rings is 1. The Morgan fingerprint density at radius 1 is 1.22 bits per heavy atom. The van der Waals surface area contributed by atoms with Crippen molar-refractivity contribution in [2.24, 2.45) is 0 Å². The molecule has 122 valence electrons. The van der Waals surface area contributed by atoms with Crippen LogP contribution in [-0.2, 0) is 4.74 Å². The molecule has 23 heavy (non-hydrogen) atoms. The van der Waals surface area contributed by atoms with Gasteiger partial charge in [-0.15, -0.1) is 0 Å². The summed E-state index contributed by atoms with van der Waals surface area (Å²) in [5.41, 5.74) is 5.38. The number of benzene rings is 1. The van der Waals surface area contributed by atoms with Crippen molar-refractivity contribution < 1.29 is 18.7 Å². The normalized spacial score (nSPS) is 10.5. The van der Waals surface area contributed by atoms with Gasteiger partial charge in [-0.25, -0.2) is 14.2 Å². The number of anilines is 1. The molecule has 1 aromatic carbocycles. The molecule has 5 nitrogen and oxygen atoms in total. The molecule has 0 aliphatic carbocycles. The molecule has 0 saturated carbocycles. The summed E-state index contributed by atoms with van der Waals surface area (Å²) in [4.78, 5) is 15.7. The van der Waals surface area contributed by atoms with Crippen molar-refractivity contribution >= 4 is 46.5 Å². The summed E-state index contributed by atoms with van der Waals surface area (Å²) in [6.07, 6.45) is 0. The molecule has 1 heterocycles. The van der Waals surface area contributed by atoms with Crippen LogP contribution in [0.4, 0.5) is 10.1 Å². The number of nitrogens with two attached hydrogens (primary N) is 1. The molecule has 0 fully saturated rings. The second-order valence-electron chi connectivity index (χ2n) is 4.31. The minimum absolute atomic E-state index is 0.00567. The fourth-order valence-corrected chi connectivity index (χ4v) is 2.76. The SMILES string of the molecule is COC(=O)c1nc(-c2c(F)cc(Cl)c(OC)c2Cl)cc(N)c1Cl. The number of hydrogen-bond donors (Lipinski definition) is 1. The van der Waals surface area contributed by atoms with Gasteiger partial charge in [0.1, 0.15) is 5.82 Å². The van der Waals surface area contributed by atoms with Crippen LogP contribution < -0.4 is 10.5 Å². The molecule has 0 spiro atoms. The van der Waals surface area contributed by atoms with Crippen LogP contribution >= 0.6 is 34.8 Å². The maximum atomic E-state index is 14.3. The third-order valence-electron chi connectivity index (χ3n) is 2.95. The zero-order valence-electron chi connectivity index (χ0n) is 11.9. The summed E-state index contributed by atoms with van der Waals surface area (Å²) >= 11 is 17.9. The Bertz CT molecular complexity index is 800. The van der Waals surface area contributed by atoms with Crippen molar-refractivity contribution in [3.63, 3.8) is 0 Å². The molecule has 0 amide bonds. The van der Waals surface area contributed by atoms with Gasteiger partial charge in [0.05, 0.1) is 46.2 Å². The van der Waals surface area contributed by atoms with Crippen LogP contribution in [0.2, 0.25) is 15.1 Å². The lowest BCUT2D eigenvalue weighted by Gasteiger charge is -2.13. The molecular weight excluding hydrogens is 370 g/mol. The summed E-state index contributed by atoms with van der Waals surface area (Å²) in [5, 5.41) is -0.213. The molecule has 0 unspecified atom stereocenters. The number of halogens is 4. The average molecular weight is 380 g/mol. The second-order valence-corrected chi connectivity index (χ2v) is 5.48. The molecule has 9 heteroatoms. The van der Waals surface area contributed by atoms with Crippen LogP contribution in [0.5, 0.6) is 5.75 Å². The third-order valence-corrected chi connectivity index (χ3v) is 3.99. The summed E-state index contributed by atoms with van der Waals surface area (Å²) in [5.74, 6) is -1.51. The van der Waals surface area contributed by atoms with Crippen molar-refractivity contribution in [1.82, 2.24) is 4.98 Å². The fraction of sp³-hybridized carbons (Fsp3) is 0.143. The van der Waals surface area contributed by atoms with Crippen LogP contribution in [0.25, 0.3) is 11.3 Å². The predicted molar refractivity (Wildman–Crippen MR) is 87.0 cm³/mol. The molecule has 0 aliphatic heterocycles. The highest BCUT2D eigenvalue weighted by Crippen LogP contribution is 2.42. The molecule has 1 aromatic heterocycles. The van der Waals surface area contributed by atoms with Gasteiger partial charge in [0, 0.05) is 0 Å². The molecule has 2 N–H and O–H groups in total. The number of ether oxygens (including phenoxy) is 2. The van der Waals surface area contributed by atoms with Gasteiger partial charge in [0.25, 0.3) is 0 Å². The lowest BCUT2D eigenvalue weighted by Crippen LogP contribution is -2.08. The first kappa shape index (κ1) is 17.6. The highest BCUT2D eigenvalue weighted by molar-refractivity contribution is 6.39. The van der Waals surface area contributed by atoms with Gasteiger partial charge in [0.15, 0.2) is 11.4 Å². The van der Waals surface area contributed by atoms with E-state index < -0.39 is 11.8 Å². The van der Waals surface area contributed by atoms with E-state index in [0.717, 1.165) is 13.2 Å². The standard InChI is InChI=1S/C14H10Cl3FN2O3/c1-22-13-5(15)3-6(18)9(11(13)17)8-4-7(19)10(16)12(20-8)14(21)23-2/h3-4H,1-2H3,(H2,19,20). The Labute approximate surface area is 146 Å². The first-order valence-electron chi connectivity index (χ1n) is 6.08. The van der Waals surface area contributed by atoms with Gasteiger partial charge < -0.3 is 15.2 Å². The van der Waals surface area contributed by atoms with Gasteiger partial charge in [-0.1, -0.05) is 34.8 Å². The predicted octanol–water partition coefficient (Wildman–Crippen LogP) is 4.23. The maximum absolute atomic E-state index is 14.3. The van der Waals surface area contributed by atoms with E-state index in [0.29, 0.717) is 0 Å². The molecule has 0 bridgehead atoms. The molecule has 2 rings (SSSR count). The summed E-state index contributed by atoms with van der Waals surface area (Å²) in [6, 6.07) is 2.30. The van der Waals surface area contributed by atoms with E-state index in [9.17, 15) is 9.18 Å².